The first-order chi connectivity index (χ1) is 8.59. The number of nitrogens with two attached hydrogens (primary N) is 1. The molecule has 7 nitrogen and oxygen atoms in total. The second kappa shape index (κ2) is 4.62. The van der Waals surface area contributed by atoms with Crippen LogP contribution in [0.25, 0.3) is 0 Å². The summed E-state index contributed by atoms with van der Waals surface area (Å²) in [6.07, 6.45) is 1.06. The highest BCUT2D eigenvalue weighted by Gasteiger charge is 2.21. The van der Waals surface area contributed by atoms with Gasteiger partial charge in [0.25, 0.3) is 0 Å². The minimum absolute atomic E-state index is 0.0682. The monoisotopic (exact) mass is 249 g/mol. The lowest BCUT2D eigenvalue weighted by Crippen LogP contribution is -2.05. The zero-order valence-corrected chi connectivity index (χ0v) is 9.00. The van der Waals surface area contributed by atoms with Crippen molar-refractivity contribution in [3.63, 3.8) is 0 Å². The van der Waals surface area contributed by atoms with E-state index >= 15 is 0 Å². The quantitative estimate of drug-likeness (QED) is 0.635. The molecule has 92 valence electrons. The van der Waals surface area contributed by atoms with Gasteiger partial charge < -0.3 is 11.1 Å². The lowest BCUT2D eigenvalue weighted by molar-refractivity contribution is -0.383. The third kappa shape index (κ3) is 2.17. The van der Waals surface area contributed by atoms with E-state index in [1.54, 1.807) is 6.07 Å². The van der Waals surface area contributed by atoms with Crippen molar-refractivity contribution in [2.24, 2.45) is 0 Å². The summed E-state index contributed by atoms with van der Waals surface area (Å²) < 4.78 is 13.4. The molecule has 0 bridgehead atoms. The summed E-state index contributed by atoms with van der Waals surface area (Å²) in [5, 5.41) is 13.3. The molecule has 0 aliphatic carbocycles. The molecule has 0 saturated heterocycles. The molecule has 0 amide bonds. The van der Waals surface area contributed by atoms with Crippen molar-refractivity contribution in [2.45, 2.75) is 0 Å². The van der Waals surface area contributed by atoms with E-state index < -0.39 is 16.4 Å². The van der Waals surface area contributed by atoms with Gasteiger partial charge in [-0.3, -0.25) is 10.1 Å². The molecule has 2 aromatic rings. The molecular formula is C10H8FN5O2. The van der Waals surface area contributed by atoms with Crippen LogP contribution in [0.5, 0.6) is 0 Å². The molecule has 18 heavy (non-hydrogen) atoms. The Morgan fingerprint density at radius 3 is 2.72 bits per heavy atom. The summed E-state index contributed by atoms with van der Waals surface area (Å²) in [4.78, 5) is 17.3. The second-order valence-electron chi connectivity index (χ2n) is 3.32. The largest absolute Gasteiger partial charge is 0.378 e. The van der Waals surface area contributed by atoms with Crippen molar-refractivity contribution in [2.75, 3.05) is 11.1 Å². The number of nitrogens with zero attached hydrogens (tertiary/aromatic N) is 3. The average Bonchev–Trinajstić information content (AvgIpc) is 2.31. The maximum absolute atomic E-state index is 13.4. The molecule has 0 unspecified atom stereocenters. The molecule has 0 radical (unpaired) electrons. The van der Waals surface area contributed by atoms with E-state index in [0.29, 0.717) is 0 Å². The summed E-state index contributed by atoms with van der Waals surface area (Å²) in [6, 6.07) is 5.74. The normalized spacial score (nSPS) is 10.1. The first-order valence-electron chi connectivity index (χ1n) is 4.86. The van der Waals surface area contributed by atoms with Gasteiger partial charge in [-0.2, -0.15) is 0 Å². The van der Waals surface area contributed by atoms with E-state index in [-0.39, 0.29) is 17.3 Å². The summed E-state index contributed by atoms with van der Waals surface area (Å²) in [7, 11) is 0. The van der Waals surface area contributed by atoms with Gasteiger partial charge in [-0.05, 0) is 12.1 Å². The lowest BCUT2D eigenvalue weighted by Gasteiger charge is -2.07. The number of nitrogens with one attached hydrogen (secondary N) is 1. The van der Waals surface area contributed by atoms with Crippen molar-refractivity contribution >= 4 is 23.0 Å². The van der Waals surface area contributed by atoms with Crippen LogP contribution in [0.15, 0.2) is 30.6 Å². The zero-order valence-electron chi connectivity index (χ0n) is 9.00. The first kappa shape index (κ1) is 11.7. The molecule has 2 rings (SSSR count). The SMILES string of the molecule is Nc1ncnc(Nc2ccccc2F)c1[N+](=O)[O-]. The van der Waals surface area contributed by atoms with Crippen LogP contribution in [0, 0.1) is 15.9 Å². The molecule has 1 heterocycles. The van der Waals surface area contributed by atoms with Gasteiger partial charge in [0, 0.05) is 0 Å². The van der Waals surface area contributed by atoms with Gasteiger partial charge in [-0.25, -0.2) is 14.4 Å². The fourth-order valence-corrected chi connectivity index (χ4v) is 1.35. The Morgan fingerprint density at radius 1 is 1.33 bits per heavy atom. The average molecular weight is 249 g/mol. The topological polar surface area (TPSA) is 107 Å². The summed E-state index contributed by atoms with van der Waals surface area (Å²) >= 11 is 0. The maximum Gasteiger partial charge on any atom is 0.353 e. The summed E-state index contributed by atoms with van der Waals surface area (Å²) in [6.45, 7) is 0. The van der Waals surface area contributed by atoms with Crippen LogP contribution in [0.2, 0.25) is 0 Å². The number of hydrogen-bond acceptors (Lipinski definition) is 6. The van der Waals surface area contributed by atoms with Gasteiger partial charge in [0.05, 0.1) is 10.6 Å². The fourth-order valence-electron chi connectivity index (χ4n) is 1.35. The number of aromatic nitrogens is 2. The Bertz CT molecular complexity index is 605. The van der Waals surface area contributed by atoms with Gasteiger partial charge in [-0.1, -0.05) is 12.1 Å². The number of halogens is 1. The number of nitro groups is 1. The number of hydrogen-bond donors (Lipinski definition) is 2. The van der Waals surface area contributed by atoms with E-state index in [1.165, 1.54) is 18.2 Å². The van der Waals surface area contributed by atoms with Gasteiger partial charge in [-0.15, -0.1) is 0 Å². The van der Waals surface area contributed by atoms with Gasteiger partial charge in [0.15, 0.2) is 0 Å². The van der Waals surface area contributed by atoms with Gasteiger partial charge in [0.2, 0.25) is 11.6 Å². The van der Waals surface area contributed by atoms with Crippen LogP contribution in [-0.2, 0) is 0 Å². The Morgan fingerprint density at radius 2 is 2.06 bits per heavy atom. The number of rotatable bonds is 3. The highest BCUT2D eigenvalue weighted by atomic mass is 19.1. The smallest absolute Gasteiger partial charge is 0.353 e. The molecule has 3 N–H and O–H groups in total. The van der Waals surface area contributed by atoms with Crippen molar-refractivity contribution < 1.29 is 9.31 Å². The number of anilines is 3. The van der Waals surface area contributed by atoms with Crippen LogP contribution < -0.4 is 11.1 Å². The Hall–Kier alpha value is -2.77. The predicted molar refractivity (Wildman–Crippen MR) is 62.8 cm³/mol. The molecule has 1 aromatic heterocycles. The molecule has 0 aliphatic rings. The van der Waals surface area contributed by atoms with Crippen molar-refractivity contribution in [1.82, 2.24) is 9.97 Å². The van der Waals surface area contributed by atoms with E-state index in [9.17, 15) is 14.5 Å². The van der Waals surface area contributed by atoms with E-state index in [4.69, 9.17) is 5.73 Å². The van der Waals surface area contributed by atoms with E-state index in [2.05, 4.69) is 15.3 Å². The Labute approximate surface area is 101 Å². The van der Waals surface area contributed by atoms with Crippen LogP contribution in [0.3, 0.4) is 0 Å². The molecule has 0 atom stereocenters. The summed E-state index contributed by atoms with van der Waals surface area (Å²) in [5.74, 6) is -0.990. The number of nitrogen functional groups attached to an aromatic ring is 1. The van der Waals surface area contributed by atoms with Crippen LogP contribution in [0.4, 0.5) is 27.4 Å². The minimum atomic E-state index is -0.724. The van der Waals surface area contributed by atoms with Crippen molar-refractivity contribution in [3.05, 3.63) is 46.5 Å². The standard InChI is InChI=1S/C10H8FN5O2/c11-6-3-1-2-4-7(6)15-10-8(16(17)18)9(12)13-5-14-10/h1-5H,(H3,12,13,14,15). The minimum Gasteiger partial charge on any atom is -0.378 e. The molecule has 0 spiro atoms. The van der Waals surface area contributed by atoms with E-state index in [0.717, 1.165) is 6.33 Å². The van der Waals surface area contributed by atoms with Crippen LogP contribution in [-0.4, -0.2) is 14.9 Å². The number of para-hydroxylation sites is 1. The third-order valence-corrected chi connectivity index (χ3v) is 2.16. The molecular weight excluding hydrogens is 241 g/mol. The highest BCUT2D eigenvalue weighted by Crippen LogP contribution is 2.29. The first-order valence-corrected chi connectivity index (χ1v) is 4.86. The lowest BCUT2D eigenvalue weighted by atomic mass is 10.3. The van der Waals surface area contributed by atoms with Gasteiger partial charge in [0.1, 0.15) is 12.1 Å². The molecule has 8 heteroatoms. The number of benzene rings is 1. The second-order valence-corrected chi connectivity index (χ2v) is 3.32. The summed E-state index contributed by atoms with van der Waals surface area (Å²) in [5.41, 5.74) is 4.97. The third-order valence-electron chi connectivity index (χ3n) is 2.16. The van der Waals surface area contributed by atoms with Crippen LogP contribution >= 0.6 is 0 Å². The molecule has 0 saturated carbocycles. The molecule has 0 aliphatic heterocycles. The van der Waals surface area contributed by atoms with Crippen molar-refractivity contribution in [1.29, 1.82) is 0 Å². The predicted octanol–water partition coefficient (Wildman–Crippen LogP) is 1.85. The fraction of sp³-hybridized carbons (Fsp3) is 0. The van der Waals surface area contributed by atoms with E-state index in [1.807, 2.05) is 0 Å². The zero-order chi connectivity index (χ0) is 13.1. The van der Waals surface area contributed by atoms with Crippen LogP contribution in [0.1, 0.15) is 0 Å². The molecule has 0 fully saturated rings. The molecule has 1 aromatic carbocycles. The Balaban J connectivity index is 2.44. The maximum atomic E-state index is 13.4. The van der Waals surface area contributed by atoms with Gasteiger partial charge >= 0.3 is 5.69 Å². The van der Waals surface area contributed by atoms with Crippen molar-refractivity contribution in [3.8, 4) is 0 Å². The Kier molecular flexibility index (Phi) is 3.00. The highest BCUT2D eigenvalue weighted by molar-refractivity contribution is 5.72.